The van der Waals surface area contributed by atoms with Crippen molar-refractivity contribution in [3.63, 3.8) is 0 Å². The summed E-state index contributed by atoms with van der Waals surface area (Å²) in [6.07, 6.45) is 5.00. The van der Waals surface area contributed by atoms with Gasteiger partial charge in [0, 0.05) is 11.8 Å². The van der Waals surface area contributed by atoms with Gasteiger partial charge in [0.05, 0.1) is 33.2 Å². The van der Waals surface area contributed by atoms with Crippen LogP contribution in [-0.4, -0.2) is 42.8 Å². The molecule has 0 aliphatic carbocycles. The molecule has 106 valence electrons. The van der Waals surface area contributed by atoms with E-state index >= 15 is 0 Å². The second-order valence-electron chi connectivity index (χ2n) is 5.97. The molecule has 0 spiro atoms. The zero-order valence-electron chi connectivity index (χ0n) is 12.3. The Morgan fingerprint density at radius 3 is 2.58 bits per heavy atom. The number of quaternary nitrogens is 1. The molecule has 19 heavy (non-hydrogen) atoms. The van der Waals surface area contributed by atoms with Crippen LogP contribution in [0.1, 0.15) is 31.7 Å². The summed E-state index contributed by atoms with van der Waals surface area (Å²) in [5.41, 5.74) is 2.04. The summed E-state index contributed by atoms with van der Waals surface area (Å²) in [5.74, 6) is 0.408. The molecule has 1 aliphatic rings. The zero-order valence-corrected chi connectivity index (χ0v) is 12.3. The van der Waals surface area contributed by atoms with E-state index in [-0.39, 0.29) is 0 Å². The molecule has 0 unspecified atom stereocenters. The third kappa shape index (κ3) is 3.87. The Kier molecular flexibility index (Phi) is 4.70. The number of likely N-dealkylation sites (N-methyl/N-ethyl adjacent to an activating group) is 1. The number of hydrogen-bond donors (Lipinski definition) is 2. The molecule has 2 rings (SSSR count). The van der Waals surface area contributed by atoms with Gasteiger partial charge in [0.2, 0.25) is 0 Å². The largest absolute Gasteiger partial charge is 0.508 e. The number of phenolic OH excluding ortho intramolecular Hbond substituents is 1. The van der Waals surface area contributed by atoms with Crippen LogP contribution < -0.4 is 5.32 Å². The highest BCUT2D eigenvalue weighted by Gasteiger charge is 2.23. The van der Waals surface area contributed by atoms with Crippen molar-refractivity contribution in [2.24, 2.45) is 0 Å². The maximum atomic E-state index is 9.85. The van der Waals surface area contributed by atoms with Crippen molar-refractivity contribution in [2.45, 2.75) is 32.6 Å². The standard InChI is InChI=1S/C16H26N2O/c1-3-14-7-8-15(13-16(14)19)17-9-12-18(2)10-5-4-6-11-18/h7-8,13,17H,3-6,9-12H2,1-2H3/p+1. The Morgan fingerprint density at radius 1 is 1.21 bits per heavy atom. The Hall–Kier alpha value is -1.22. The van der Waals surface area contributed by atoms with Gasteiger partial charge >= 0.3 is 0 Å². The minimum atomic E-state index is 0.408. The quantitative estimate of drug-likeness (QED) is 0.800. The number of piperidine rings is 1. The normalized spacial score (nSPS) is 18.2. The highest BCUT2D eigenvalue weighted by Crippen LogP contribution is 2.22. The Morgan fingerprint density at radius 2 is 1.95 bits per heavy atom. The van der Waals surface area contributed by atoms with Gasteiger partial charge in [-0.1, -0.05) is 13.0 Å². The van der Waals surface area contributed by atoms with E-state index in [1.165, 1.54) is 36.8 Å². The molecule has 0 bridgehead atoms. The van der Waals surface area contributed by atoms with Crippen LogP contribution >= 0.6 is 0 Å². The molecule has 3 heteroatoms. The van der Waals surface area contributed by atoms with Crippen molar-refractivity contribution >= 4 is 5.69 Å². The van der Waals surface area contributed by atoms with E-state index in [2.05, 4.69) is 25.4 Å². The molecule has 1 heterocycles. The highest BCUT2D eigenvalue weighted by atomic mass is 16.3. The molecule has 0 amide bonds. The summed E-state index contributed by atoms with van der Waals surface area (Å²) >= 11 is 0. The van der Waals surface area contributed by atoms with E-state index in [4.69, 9.17) is 0 Å². The summed E-state index contributed by atoms with van der Waals surface area (Å²) in [4.78, 5) is 0. The molecule has 3 nitrogen and oxygen atoms in total. The van der Waals surface area contributed by atoms with Crippen molar-refractivity contribution in [1.29, 1.82) is 0 Å². The van der Waals surface area contributed by atoms with Gasteiger partial charge in [-0.05, 0) is 37.3 Å². The van der Waals surface area contributed by atoms with E-state index < -0.39 is 0 Å². The summed E-state index contributed by atoms with van der Waals surface area (Å²) in [5, 5.41) is 13.3. The molecule has 0 aromatic heterocycles. The lowest BCUT2D eigenvalue weighted by atomic mass is 10.1. The first-order valence-electron chi connectivity index (χ1n) is 7.52. The lowest BCUT2D eigenvalue weighted by molar-refractivity contribution is -0.912. The van der Waals surface area contributed by atoms with Gasteiger partial charge in [0.25, 0.3) is 0 Å². The van der Waals surface area contributed by atoms with E-state index in [0.717, 1.165) is 30.8 Å². The van der Waals surface area contributed by atoms with Gasteiger partial charge in [0.15, 0.2) is 0 Å². The predicted octanol–water partition coefficient (Wildman–Crippen LogP) is 3.00. The maximum Gasteiger partial charge on any atom is 0.120 e. The summed E-state index contributed by atoms with van der Waals surface area (Å²) in [7, 11) is 2.36. The molecule has 0 saturated carbocycles. The Bertz CT molecular complexity index is 411. The number of aromatic hydroxyl groups is 1. The lowest BCUT2D eigenvalue weighted by Gasteiger charge is -2.37. The first kappa shape index (κ1) is 14.2. The molecule has 1 saturated heterocycles. The second-order valence-corrected chi connectivity index (χ2v) is 5.97. The third-order valence-electron chi connectivity index (χ3n) is 4.34. The lowest BCUT2D eigenvalue weighted by Crippen LogP contribution is -2.50. The first-order chi connectivity index (χ1) is 9.13. The van der Waals surface area contributed by atoms with Crippen LogP contribution in [0.25, 0.3) is 0 Å². The van der Waals surface area contributed by atoms with Gasteiger partial charge in [-0.3, -0.25) is 0 Å². The second kappa shape index (κ2) is 6.29. The van der Waals surface area contributed by atoms with Crippen molar-refractivity contribution in [2.75, 3.05) is 38.5 Å². The fourth-order valence-electron chi connectivity index (χ4n) is 2.94. The van der Waals surface area contributed by atoms with Crippen LogP contribution in [0.3, 0.4) is 0 Å². The van der Waals surface area contributed by atoms with Crippen LogP contribution in [0.5, 0.6) is 5.75 Å². The van der Waals surface area contributed by atoms with Crippen molar-refractivity contribution in [3.05, 3.63) is 23.8 Å². The van der Waals surface area contributed by atoms with Crippen LogP contribution in [0, 0.1) is 0 Å². The number of phenols is 1. The number of rotatable bonds is 5. The van der Waals surface area contributed by atoms with Gasteiger partial charge < -0.3 is 14.9 Å². The maximum absolute atomic E-state index is 9.85. The molecule has 1 aromatic rings. The average molecular weight is 263 g/mol. The number of benzene rings is 1. The summed E-state index contributed by atoms with van der Waals surface area (Å²) in [6.45, 7) is 6.81. The number of aryl methyl sites for hydroxylation is 1. The number of nitrogens with one attached hydrogen (secondary N) is 1. The Labute approximate surface area is 116 Å². The molecular formula is C16H27N2O+. The van der Waals surface area contributed by atoms with Gasteiger partial charge in [-0.25, -0.2) is 0 Å². The molecular weight excluding hydrogens is 236 g/mol. The number of hydrogen-bond acceptors (Lipinski definition) is 2. The average Bonchev–Trinajstić information content (AvgIpc) is 2.39. The van der Waals surface area contributed by atoms with Crippen LogP contribution in [-0.2, 0) is 6.42 Å². The molecule has 0 atom stereocenters. The highest BCUT2D eigenvalue weighted by molar-refractivity contribution is 5.51. The minimum Gasteiger partial charge on any atom is -0.508 e. The van der Waals surface area contributed by atoms with E-state index in [1.54, 1.807) is 0 Å². The topological polar surface area (TPSA) is 32.3 Å². The monoisotopic (exact) mass is 263 g/mol. The van der Waals surface area contributed by atoms with Crippen molar-refractivity contribution in [1.82, 2.24) is 0 Å². The number of anilines is 1. The number of nitrogens with zero attached hydrogens (tertiary/aromatic N) is 1. The molecule has 1 aliphatic heterocycles. The third-order valence-corrected chi connectivity index (χ3v) is 4.34. The fraction of sp³-hybridized carbons (Fsp3) is 0.625. The number of likely N-dealkylation sites (tertiary alicyclic amines) is 1. The van der Waals surface area contributed by atoms with E-state index in [1.807, 2.05) is 12.1 Å². The Balaban J connectivity index is 1.83. The summed E-state index contributed by atoms with van der Waals surface area (Å²) < 4.78 is 1.19. The molecule has 0 radical (unpaired) electrons. The molecule has 2 N–H and O–H groups in total. The SMILES string of the molecule is CCc1ccc(NCC[N+]2(C)CCCCC2)cc1O. The predicted molar refractivity (Wildman–Crippen MR) is 80.6 cm³/mol. The van der Waals surface area contributed by atoms with Gasteiger partial charge in [0.1, 0.15) is 5.75 Å². The van der Waals surface area contributed by atoms with Crippen LogP contribution in [0.2, 0.25) is 0 Å². The summed E-state index contributed by atoms with van der Waals surface area (Å²) in [6, 6.07) is 5.92. The smallest absolute Gasteiger partial charge is 0.120 e. The van der Waals surface area contributed by atoms with Crippen molar-refractivity contribution < 1.29 is 9.59 Å². The van der Waals surface area contributed by atoms with Gasteiger partial charge in [-0.2, -0.15) is 0 Å². The van der Waals surface area contributed by atoms with Crippen LogP contribution in [0.15, 0.2) is 18.2 Å². The van der Waals surface area contributed by atoms with Crippen molar-refractivity contribution in [3.8, 4) is 5.75 Å². The molecule has 1 aromatic carbocycles. The first-order valence-corrected chi connectivity index (χ1v) is 7.52. The minimum absolute atomic E-state index is 0.408. The molecule has 1 fully saturated rings. The zero-order chi connectivity index (χ0) is 13.7. The van der Waals surface area contributed by atoms with Gasteiger partial charge in [-0.15, -0.1) is 0 Å². The van der Waals surface area contributed by atoms with E-state index in [9.17, 15) is 5.11 Å². The van der Waals surface area contributed by atoms with E-state index in [0.29, 0.717) is 5.75 Å². The van der Waals surface area contributed by atoms with Crippen LogP contribution in [0.4, 0.5) is 5.69 Å². The fourth-order valence-corrected chi connectivity index (χ4v) is 2.94.